The fourth-order valence-corrected chi connectivity index (χ4v) is 7.37. The number of carbonyl (C=O) groups excluding carboxylic acids is 2. The molecule has 3 aliphatic rings. The Kier molecular flexibility index (Phi) is 10.2. The number of aromatic nitrogens is 2. The van der Waals surface area contributed by atoms with Gasteiger partial charge in [-0.05, 0) is 99.5 Å². The summed E-state index contributed by atoms with van der Waals surface area (Å²) in [6.07, 6.45) is 9.15. The zero-order chi connectivity index (χ0) is 33.1. The highest BCUT2D eigenvalue weighted by atomic mass is 16.6. The SMILES string of the molecule is COc1ccc(C2CCC(C(NC(=O)C3CCC(OC(=O)N4CC(O)C4)CC3)c3cc(-c4cnc(C(C)C)o4)ccn3)CC2)cc1C. The largest absolute Gasteiger partial charge is 0.496 e. The van der Waals surface area contributed by atoms with Gasteiger partial charge in [0.2, 0.25) is 5.91 Å². The van der Waals surface area contributed by atoms with Gasteiger partial charge in [0, 0.05) is 23.6 Å². The van der Waals surface area contributed by atoms with Gasteiger partial charge < -0.3 is 29.2 Å². The van der Waals surface area contributed by atoms with Gasteiger partial charge in [-0.15, -0.1) is 0 Å². The third-order valence-electron chi connectivity index (χ3n) is 10.3. The van der Waals surface area contributed by atoms with Crippen molar-refractivity contribution in [1.29, 1.82) is 0 Å². The van der Waals surface area contributed by atoms with Crippen LogP contribution in [0, 0.1) is 18.8 Å². The smallest absolute Gasteiger partial charge is 0.410 e. The Hall–Kier alpha value is -3.92. The van der Waals surface area contributed by atoms with Gasteiger partial charge in [0.25, 0.3) is 0 Å². The molecule has 1 aliphatic heterocycles. The number of carbonyl (C=O) groups is 2. The second-order valence-electron chi connectivity index (χ2n) is 13.9. The first-order valence-electron chi connectivity index (χ1n) is 17.2. The molecule has 3 fully saturated rings. The second kappa shape index (κ2) is 14.5. The fourth-order valence-electron chi connectivity index (χ4n) is 7.37. The molecule has 0 bridgehead atoms. The lowest BCUT2D eigenvalue weighted by molar-refractivity contribution is -0.128. The standard InChI is InChI=1S/C37H48N4O6/c1-22(2)36-39-19-33(47-36)28-15-16-38-31(18-28)34(25-7-5-24(6-8-25)27-11-14-32(45-4)23(3)17-27)40-35(43)26-9-12-30(13-10-26)46-37(44)41-20-29(42)21-41/h11,14-19,22,24-26,29-30,34,42H,5-10,12-13,20-21H2,1-4H3,(H,40,43). The van der Waals surface area contributed by atoms with Crippen LogP contribution in [0.3, 0.4) is 0 Å². The maximum Gasteiger partial charge on any atom is 0.410 e. The molecule has 1 atom stereocenters. The van der Waals surface area contributed by atoms with Crippen LogP contribution in [0.1, 0.15) is 106 Å². The Labute approximate surface area is 277 Å². The van der Waals surface area contributed by atoms with E-state index >= 15 is 0 Å². The van der Waals surface area contributed by atoms with E-state index in [1.54, 1.807) is 19.5 Å². The fraction of sp³-hybridized carbons (Fsp3) is 0.568. The predicted molar refractivity (Wildman–Crippen MR) is 177 cm³/mol. The Bertz CT molecular complexity index is 1530. The van der Waals surface area contributed by atoms with E-state index < -0.39 is 6.10 Å². The number of oxazole rings is 1. The molecule has 2 amide bonds. The van der Waals surface area contributed by atoms with Crippen LogP contribution in [0.25, 0.3) is 11.3 Å². The predicted octanol–water partition coefficient (Wildman–Crippen LogP) is 6.68. The van der Waals surface area contributed by atoms with Crippen molar-refractivity contribution in [2.45, 2.75) is 102 Å². The quantitative estimate of drug-likeness (QED) is 0.264. The number of nitrogens with one attached hydrogen (secondary N) is 1. The molecular formula is C37H48N4O6. The number of β-amino-alcohol motifs (C(OH)–C–C–N with tert-alkyl or cyclic N) is 1. The summed E-state index contributed by atoms with van der Waals surface area (Å²) in [4.78, 5) is 37.0. The van der Waals surface area contributed by atoms with Crippen molar-refractivity contribution in [2.75, 3.05) is 20.2 Å². The number of rotatable bonds is 9. The summed E-state index contributed by atoms with van der Waals surface area (Å²) in [6.45, 7) is 6.84. The van der Waals surface area contributed by atoms with E-state index in [9.17, 15) is 14.7 Å². The van der Waals surface area contributed by atoms with Crippen molar-refractivity contribution in [3.05, 3.63) is 65.4 Å². The van der Waals surface area contributed by atoms with E-state index in [2.05, 4.69) is 49.3 Å². The molecule has 3 aromatic rings. The number of hydrogen-bond donors (Lipinski definition) is 2. The molecular weight excluding hydrogens is 596 g/mol. The summed E-state index contributed by atoms with van der Waals surface area (Å²) in [7, 11) is 1.71. The molecule has 1 aromatic carbocycles. The van der Waals surface area contributed by atoms with Crippen LogP contribution in [-0.2, 0) is 9.53 Å². The summed E-state index contributed by atoms with van der Waals surface area (Å²) < 4.78 is 17.2. The first kappa shape index (κ1) is 33.0. The number of ether oxygens (including phenoxy) is 2. The Morgan fingerprint density at radius 1 is 1.00 bits per heavy atom. The first-order valence-corrected chi connectivity index (χ1v) is 17.2. The number of pyridine rings is 1. The number of benzene rings is 1. The molecule has 2 N–H and O–H groups in total. The molecule has 6 rings (SSSR count). The molecule has 0 spiro atoms. The summed E-state index contributed by atoms with van der Waals surface area (Å²) in [5, 5.41) is 12.9. The number of nitrogens with zero attached hydrogens (tertiary/aromatic N) is 3. The number of aryl methyl sites for hydroxylation is 1. The zero-order valence-corrected chi connectivity index (χ0v) is 28.0. The molecule has 252 valence electrons. The third kappa shape index (κ3) is 7.64. The zero-order valence-electron chi connectivity index (χ0n) is 28.0. The van der Waals surface area contributed by atoms with Crippen molar-refractivity contribution in [1.82, 2.24) is 20.2 Å². The van der Waals surface area contributed by atoms with Gasteiger partial charge in [0.05, 0.1) is 44.2 Å². The van der Waals surface area contributed by atoms with Crippen LogP contribution < -0.4 is 10.1 Å². The normalized spacial score (nSPS) is 24.0. The van der Waals surface area contributed by atoms with Crippen molar-refractivity contribution < 1.29 is 28.6 Å². The van der Waals surface area contributed by atoms with Gasteiger partial charge in [-0.2, -0.15) is 0 Å². The highest BCUT2D eigenvalue weighted by Gasteiger charge is 2.36. The van der Waals surface area contributed by atoms with Crippen molar-refractivity contribution >= 4 is 12.0 Å². The lowest BCUT2D eigenvalue weighted by Crippen LogP contribution is -2.54. The Morgan fingerprint density at radius 3 is 2.38 bits per heavy atom. The van der Waals surface area contributed by atoms with Gasteiger partial charge in [-0.25, -0.2) is 9.78 Å². The number of aliphatic hydroxyl groups is 1. The van der Waals surface area contributed by atoms with Gasteiger partial charge in [0.1, 0.15) is 11.9 Å². The lowest BCUT2D eigenvalue weighted by atomic mass is 9.74. The summed E-state index contributed by atoms with van der Waals surface area (Å²) in [5.74, 6) is 3.07. The van der Waals surface area contributed by atoms with Crippen LogP contribution >= 0.6 is 0 Å². The van der Waals surface area contributed by atoms with E-state index in [1.807, 2.05) is 12.1 Å². The van der Waals surface area contributed by atoms with Crippen LogP contribution in [0.5, 0.6) is 5.75 Å². The van der Waals surface area contributed by atoms with Gasteiger partial charge in [-0.1, -0.05) is 26.0 Å². The van der Waals surface area contributed by atoms with E-state index in [-0.39, 0.29) is 41.9 Å². The molecule has 2 aliphatic carbocycles. The molecule has 10 nitrogen and oxygen atoms in total. The number of methoxy groups -OCH3 is 1. The van der Waals surface area contributed by atoms with E-state index in [4.69, 9.17) is 18.9 Å². The maximum absolute atomic E-state index is 13.8. The topological polar surface area (TPSA) is 127 Å². The van der Waals surface area contributed by atoms with E-state index in [0.717, 1.165) is 48.3 Å². The highest BCUT2D eigenvalue weighted by molar-refractivity contribution is 5.79. The number of likely N-dealkylation sites (tertiary alicyclic amines) is 1. The molecule has 0 radical (unpaired) electrons. The van der Waals surface area contributed by atoms with Gasteiger partial charge in [-0.3, -0.25) is 9.78 Å². The average Bonchev–Trinajstić information content (AvgIpc) is 3.57. The van der Waals surface area contributed by atoms with Gasteiger partial charge >= 0.3 is 6.09 Å². The van der Waals surface area contributed by atoms with Crippen LogP contribution in [-0.4, -0.2) is 64.4 Å². The van der Waals surface area contributed by atoms with Crippen LogP contribution in [0.15, 0.2) is 47.1 Å². The first-order chi connectivity index (χ1) is 22.7. The Morgan fingerprint density at radius 2 is 1.74 bits per heavy atom. The molecule has 3 heterocycles. The monoisotopic (exact) mass is 644 g/mol. The number of hydrogen-bond acceptors (Lipinski definition) is 8. The highest BCUT2D eigenvalue weighted by Crippen LogP contribution is 2.42. The van der Waals surface area contributed by atoms with Gasteiger partial charge in [0.15, 0.2) is 11.7 Å². The molecule has 2 saturated carbocycles. The average molecular weight is 645 g/mol. The van der Waals surface area contributed by atoms with Crippen LogP contribution in [0.2, 0.25) is 0 Å². The molecule has 1 saturated heterocycles. The minimum atomic E-state index is -0.458. The number of aliphatic hydroxyl groups excluding tert-OH is 1. The molecule has 47 heavy (non-hydrogen) atoms. The Balaban J connectivity index is 1.15. The molecule has 1 unspecified atom stereocenters. The number of amides is 2. The third-order valence-corrected chi connectivity index (χ3v) is 10.3. The summed E-state index contributed by atoms with van der Waals surface area (Å²) >= 11 is 0. The second-order valence-corrected chi connectivity index (χ2v) is 13.9. The summed E-state index contributed by atoms with van der Waals surface area (Å²) in [6, 6.07) is 10.2. The maximum atomic E-state index is 13.8. The van der Waals surface area contributed by atoms with Crippen LogP contribution in [0.4, 0.5) is 4.79 Å². The van der Waals surface area contributed by atoms with Crippen molar-refractivity contribution in [3.63, 3.8) is 0 Å². The summed E-state index contributed by atoms with van der Waals surface area (Å²) in [5.41, 5.74) is 4.22. The molecule has 2 aromatic heterocycles. The minimum absolute atomic E-state index is 0.0347. The minimum Gasteiger partial charge on any atom is -0.496 e. The molecule has 10 heteroatoms. The van der Waals surface area contributed by atoms with Crippen molar-refractivity contribution in [2.24, 2.45) is 11.8 Å². The van der Waals surface area contributed by atoms with E-state index in [0.29, 0.717) is 56.3 Å². The van der Waals surface area contributed by atoms with Crippen molar-refractivity contribution in [3.8, 4) is 17.1 Å². The lowest BCUT2D eigenvalue weighted by Gasteiger charge is -2.37. The van der Waals surface area contributed by atoms with E-state index in [1.165, 1.54) is 10.5 Å².